The quantitative estimate of drug-likeness (QED) is 0.542. The molecule has 0 aromatic heterocycles. The number of benzene rings is 2. The molecule has 1 amide bonds. The zero-order valence-electron chi connectivity index (χ0n) is 17.7. The van der Waals surface area contributed by atoms with E-state index in [2.05, 4.69) is 31.3 Å². The fraction of sp³-hybridized carbons (Fsp3) is 0.364. The minimum Gasteiger partial charge on any atom is -0.496 e. The van der Waals surface area contributed by atoms with Gasteiger partial charge in [-0.25, -0.2) is 5.43 Å². The Morgan fingerprint density at radius 2 is 1.55 bits per heavy atom. The molecular weight excluding hydrogens is 372 g/mol. The van der Waals surface area contributed by atoms with Gasteiger partial charge in [-0.05, 0) is 23.1 Å². The van der Waals surface area contributed by atoms with Crippen LogP contribution in [-0.4, -0.2) is 40.1 Å². The molecule has 0 heterocycles. The van der Waals surface area contributed by atoms with E-state index in [1.165, 1.54) is 26.0 Å². The largest absolute Gasteiger partial charge is 0.496 e. The summed E-state index contributed by atoms with van der Waals surface area (Å²) in [6.07, 6.45) is 1.45. The number of hydrogen-bond donors (Lipinski definition) is 1. The molecule has 0 aliphatic carbocycles. The molecule has 0 saturated heterocycles. The highest BCUT2D eigenvalue weighted by Crippen LogP contribution is 2.32. The third-order valence-electron chi connectivity index (χ3n) is 4.23. The van der Waals surface area contributed by atoms with Gasteiger partial charge in [0.2, 0.25) is 0 Å². The summed E-state index contributed by atoms with van der Waals surface area (Å²) in [5.41, 5.74) is 4.27. The van der Waals surface area contributed by atoms with E-state index in [1.54, 1.807) is 19.2 Å². The lowest BCUT2D eigenvalue weighted by atomic mass is 9.87. The molecule has 2 rings (SSSR count). The van der Waals surface area contributed by atoms with E-state index < -0.39 is 0 Å². The molecule has 1 N–H and O–H groups in total. The molecule has 0 aliphatic heterocycles. The summed E-state index contributed by atoms with van der Waals surface area (Å²) in [5.74, 6) is 1.85. The van der Waals surface area contributed by atoms with Gasteiger partial charge in [0.25, 0.3) is 5.91 Å². The zero-order chi connectivity index (χ0) is 21.4. The first kappa shape index (κ1) is 22.1. The summed E-state index contributed by atoms with van der Waals surface area (Å²) in [5, 5.41) is 3.97. The third kappa shape index (κ3) is 6.14. The van der Waals surface area contributed by atoms with Crippen LogP contribution >= 0.6 is 0 Å². The van der Waals surface area contributed by atoms with E-state index in [0.717, 1.165) is 0 Å². The molecule has 0 bridgehead atoms. The summed E-state index contributed by atoms with van der Waals surface area (Å²) in [4.78, 5) is 12.0. The van der Waals surface area contributed by atoms with Crippen LogP contribution in [0, 0.1) is 0 Å². The minimum atomic E-state index is -0.382. The van der Waals surface area contributed by atoms with Gasteiger partial charge in [0.15, 0.2) is 6.61 Å². The van der Waals surface area contributed by atoms with Crippen LogP contribution in [0.15, 0.2) is 41.5 Å². The number of nitrogens with one attached hydrogen (secondary N) is 1. The van der Waals surface area contributed by atoms with E-state index in [4.69, 9.17) is 18.9 Å². The molecule has 0 spiro atoms. The van der Waals surface area contributed by atoms with E-state index in [1.807, 2.05) is 24.3 Å². The third-order valence-corrected chi connectivity index (χ3v) is 4.23. The van der Waals surface area contributed by atoms with Gasteiger partial charge >= 0.3 is 0 Å². The highest BCUT2D eigenvalue weighted by molar-refractivity contribution is 5.89. The van der Waals surface area contributed by atoms with Gasteiger partial charge in [0, 0.05) is 12.1 Å². The lowest BCUT2D eigenvalue weighted by Gasteiger charge is -2.19. The summed E-state index contributed by atoms with van der Waals surface area (Å²) in [7, 11) is 4.62. The second-order valence-electron chi connectivity index (χ2n) is 7.30. The maximum atomic E-state index is 12.0. The zero-order valence-corrected chi connectivity index (χ0v) is 17.7. The lowest BCUT2D eigenvalue weighted by molar-refractivity contribution is -0.123. The summed E-state index contributed by atoms with van der Waals surface area (Å²) in [6, 6.07) is 11.1. The van der Waals surface area contributed by atoms with Crippen molar-refractivity contribution >= 4 is 12.1 Å². The molecule has 7 nitrogen and oxygen atoms in total. The number of rotatable bonds is 8. The van der Waals surface area contributed by atoms with Crippen molar-refractivity contribution in [1.29, 1.82) is 0 Å². The first-order valence-electron chi connectivity index (χ1n) is 9.13. The lowest BCUT2D eigenvalue weighted by Crippen LogP contribution is -2.24. The number of hydrazone groups is 1. The Bertz CT molecular complexity index is 829. The SMILES string of the molecule is COc1cc(OC)c(/C=N/NC(=O)COc2ccc(C(C)(C)C)cc2)c(OC)c1. The number of amides is 1. The Morgan fingerprint density at radius 1 is 0.966 bits per heavy atom. The molecule has 0 fully saturated rings. The van der Waals surface area contributed by atoms with Crippen molar-refractivity contribution in [2.45, 2.75) is 26.2 Å². The number of methoxy groups -OCH3 is 3. The van der Waals surface area contributed by atoms with E-state index in [9.17, 15) is 4.79 Å². The average Bonchev–Trinajstić information content (AvgIpc) is 2.71. The van der Waals surface area contributed by atoms with Gasteiger partial charge in [-0.3, -0.25) is 4.79 Å². The van der Waals surface area contributed by atoms with Crippen LogP contribution in [0.3, 0.4) is 0 Å². The van der Waals surface area contributed by atoms with Crippen molar-refractivity contribution in [2.24, 2.45) is 5.10 Å². The van der Waals surface area contributed by atoms with Gasteiger partial charge in [0.05, 0.1) is 33.1 Å². The summed E-state index contributed by atoms with van der Waals surface area (Å²) < 4.78 is 21.4. The Balaban J connectivity index is 1.96. The smallest absolute Gasteiger partial charge is 0.277 e. The van der Waals surface area contributed by atoms with Crippen LogP contribution in [0.25, 0.3) is 0 Å². The highest BCUT2D eigenvalue weighted by Gasteiger charge is 2.14. The van der Waals surface area contributed by atoms with Crippen LogP contribution in [0.1, 0.15) is 31.9 Å². The Morgan fingerprint density at radius 3 is 2.03 bits per heavy atom. The standard InChI is InChI=1S/C22H28N2O5/c1-22(2,3)15-7-9-16(10-8-15)29-14-21(25)24-23-13-18-19(27-5)11-17(26-4)12-20(18)28-6/h7-13H,14H2,1-6H3,(H,24,25)/b23-13+. The number of carbonyl (C=O) groups is 1. The van der Waals surface area contributed by atoms with Crippen molar-refractivity contribution in [1.82, 2.24) is 5.43 Å². The molecule has 0 unspecified atom stereocenters. The Labute approximate surface area is 171 Å². The van der Waals surface area contributed by atoms with E-state index >= 15 is 0 Å². The first-order chi connectivity index (χ1) is 13.8. The van der Waals surface area contributed by atoms with Crippen LogP contribution in [0.5, 0.6) is 23.0 Å². The molecule has 156 valence electrons. The maximum Gasteiger partial charge on any atom is 0.277 e. The fourth-order valence-corrected chi connectivity index (χ4v) is 2.56. The van der Waals surface area contributed by atoms with Crippen LogP contribution in [0.2, 0.25) is 0 Å². The van der Waals surface area contributed by atoms with E-state index in [0.29, 0.717) is 28.6 Å². The summed E-state index contributed by atoms with van der Waals surface area (Å²) in [6.45, 7) is 6.27. The first-order valence-corrected chi connectivity index (χ1v) is 9.13. The Kier molecular flexibility index (Phi) is 7.47. The second kappa shape index (κ2) is 9.82. The van der Waals surface area contributed by atoms with Crippen molar-refractivity contribution in [3.05, 3.63) is 47.5 Å². The fourth-order valence-electron chi connectivity index (χ4n) is 2.56. The molecule has 7 heteroatoms. The van der Waals surface area contributed by atoms with Crippen molar-refractivity contribution in [3.8, 4) is 23.0 Å². The molecule has 0 atom stereocenters. The van der Waals surface area contributed by atoms with Gasteiger partial charge in [-0.15, -0.1) is 0 Å². The predicted octanol–water partition coefficient (Wildman–Crippen LogP) is 3.54. The van der Waals surface area contributed by atoms with Gasteiger partial charge < -0.3 is 18.9 Å². The van der Waals surface area contributed by atoms with Crippen molar-refractivity contribution in [2.75, 3.05) is 27.9 Å². The normalized spacial score (nSPS) is 11.2. The van der Waals surface area contributed by atoms with Gasteiger partial charge in [0.1, 0.15) is 23.0 Å². The van der Waals surface area contributed by atoms with Gasteiger partial charge in [-0.1, -0.05) is 32.9 Å². The molecule has 29 heavy (non-hydrogen) atoms. The minimum absolute atomic E-state index is 0.0637. The van der Waals surface area contributed by atoms with Crippen molar-refractivity contribution in [3.63, 3.8) is 0 Å². The highest BCUT2D eigenvalue weighted by atomic mass is 16.5. The topological polar surface area (TPSA) is 78.4 Å². The number of hydrogen-bond acceptors (Lipinski definition) is 6. The van der Waals surface area contributed by atoms with Crippen LogP contribution in [0.4, 0.5) is 0 Å². The molecule has 0 saturated carbocycles. The van der Waals surface area contributed by atoms with Crippen molar-refractivity contribution < 1.29 is 23.7 Å². The van der Waals surface area contributed by atoms with Crippen LogP contribution in [-0.2, 0) is 10.2 Å². The van der Waals surface area contributed by atoms with Gasteiger partial charge in [-0.2, -0.15) is 5.10 Å². The molecule has 0 aliphatic rings. The second-order valence-corrected chi connectivity index (χ2v) is 7.30. The molecule has 0 radical (unpaired) electrons. The Hall–Kier alpha value is -3.22. The average molecular weight is 400 g/mol. The number of ether oxygens (including phenoxy) is 4. The molecule has 2 aromatic rings. The predicted molar refractivity (Wildman–Crippen MR) is 112 cm³/mol. The number of nitrogens with zero attached hydrogens (tertiary/aromatic N) is 1. The number of carbonyl (C=O) groups excluding carboxylic acids is 1. The molecule has 2 aromatic carbocycles. The van der Waals surface area contributed by atoms with E-state index in [-0.39, 0.29) is 17.9 Å². The monoisotopic (exact) mass is 400 g/mol. The molecular formula is C22H28N2O5. The van der Waals surface area contributed by atoms with Crippen LogP contribution < -0.4 is 24.4 Å². The summed E-state index contributed by atoms with van der Waals surface area (Å²) >= 11 is 0. The maximum absolute atomic E-state index is 12.0.